The Labute approximate surface area is 118 Å². The number of tetrazole rings is 1. The third-order valence-electron chi connectivity index (χ3n) is 3.04. The fraction of sp³-hybridized carbons (Fsp3) is 0.917. The fourth-order valence-corrected chi connectivity index (χ4v) is 3.11. The van der Waals surface area contributed by atoms with Gasteiger partial charge in [-0.05, 0) is 38.1 Å². The average Bonchev–Trinajstić information content (AvgIpc) is 2.77. The first-order valence-electron chi connectivity index (χ1n) is 6.72. The highest BCUT2D eigenvalue weighted by molar-refractivity contribution is 7.99. The number of rotatable bonds is 4. The smallest absolute Gasteiger partial charge is 0.209 e. The first-order chi connectivity index (χ1) is 8.97. The Morgan fingerprint density at radius 1 is 1.42 bits per heavy atom. The number of aromatic nitrogens is 4. The van der Waals surface area contributed by atoms with Gasteiger partial charge in [-0.1, -0.05) is 11.8 Å². The Morgan fingerprint density at radius 2 is 2.21 bits per heavy atom. The van der Waals surface area contributed by atoms with Crippen LogP contribution in [0.2, 0.25) is 0 Å². The topological polar surface area (TPSA) is 56.1 Å². The van der Waals surface area contributed by atoms with Crippen LogP contribution < -0.4 is 0 Å². The van der Waals surface area contributed by atoms with Crippen LogP contribution >= 0.6 is 11.8 Å². The maximum Gasteiger partial charge on any atom is 0.209 e. The molecule has 2 heterocycles. The number of nitrogens with zero attached hydrogens (tertiary/aromatic N) is 5. The van der Waals surface area contributed by atoms with Gasteiger partial charge in [0, 0.05) is 25.4 Å². The number of ether oxygens (including phenoxy) is 1. The lowest BCUT2D eigenvalue weighted by molar-refractivity contribution is -0.0158. The molecule has 19 heavy (non-hydrogen) atoms. The van der Waals surface area contributed by atoms with Gasteiger partial charge >= 0.3 is 0 Å². The second-order valence-corrected chi connectivity index (χ2v) is 6.94. The quantitative estimate of drug-likeness (QED) is 0.776. The summed E-state index contributed by atoms with van der Waals surface area (Å²) in [5.41, 5.74) is -0.0701. The maximum atomic E-state index is 5.54. The molecule has 1 atom stereocenters. The molecule has 0 spiro atoms. The third-order valence-corrected chi connectivity index (χ3v) is 3.94. The van der Waals surface area contributed by atoms with E-state index in [1.165, 1.54) is 0 Å². The van der Waals surface area contributed by atoms with Crippen molar-refractivity contribution in [3.05, 3.63) is 0 Å². The van der Waals surface area contributed by atoms with Crippen LogP contribution in [0, 0.1) is 0 Å². The molecule has 1 aliphatic heterocycles. The molecule has 0 N–H and O–H groups in total. The van der Waals surface area contributed by atoms with E-state index in [0.29, 0.717) is 6.10 Å². The molecule has 7 heteroatoms. The van der Waals surface area contributed by atoms with Gasteiger partial charge in [-0.25, -0.2) is 4.68 Å². The lowest BCUT2D eigenvalue weighted by Gasteiger charge is -2.30. The van der Waals surface area contributed by atoms with Crippen LogP contribution in [-0.4, -0.2) is 63.2 Å². The summed E-state index contributed by atoms with van der Waals surface area (Å²) >= 11 is 1.72. The Balaban J connectivity index is 1.81. The predicted molar refractivity (Wildman–Crippen MR) is 75.4 cm³/mol. The van der Waals surface area contributed by atoms with Crippen LogP contribution in [0.1, 0.15) is 27.7 Å². The van der Waals surface area contributed by atoms with Gasteiger partial charge in [0.2, 0.25) is 5.16 Å². The van der Waals surface area contributed by atoms with Gasteiger partial charge in [0.15, 0.2) is 0 Å². The zero-order chi connectivity index (χ0) is 13.9. The standard InChI is InChI=1S/C12H23N5OS/c1-10-9-16(5-7-18-10)6-8-19-11-13-14-15-17(11)12(2,3)4/h10H,5-9H2,1-4H3. The average molecular weight is 285 g/mol. The molecule has 108 valence electrons. The van der Waals surface area contributed by atoms with E-state index >= 15 is 0 Å². The van der Waals surface area contributed by atoms with Crippen molar-refractivity contribution in [1.82, 2.24) is 25.1 Å². The van der Waals surface area contributed by atoms with Gasteiger partial charge in [-0.15, -0.1) is 5.10 Å². The van der Waals surface area contributed by atoms with Gasteiger partial charge in [-0.3, -0.25) is 4.90 Å². The summed E-state index contributed by atoms with van der Waals surface area (Å²) in [6.07, 6.45) is 0.346. The number of morpholine rings is 1. The molecule has 0 radical (unpaired) electrons. The van der Waals surface area contributed by atoms with Crippen molar-refractivity contribution in [2.24, 2.45) is 0 Å². The van der Waals surface area contributed by atoms with Crippen LogP contribution in [0.4, 0.5) is 0 Å². The molecule has 6 nitrogen and oxygen atoms in total. The van der Waals surface area contributed by atoms with Gasteiger partial charge in [0.1, 0.15) is 0 Å². The Morgan fingerprint density at radius 3 is 2.89 bits per heavy atom. The largest absolute Gasteiger partial charge is 0.376 e. The first-order valence-corrected chi connectivity index (χ1v) is 7.71. The maximum absolute atomic E-state index is 5.54. The monoisotopic (exact) mass is 285 g/mol. The molecule has 1 aromatic rings. The summed E-state index contributed by atoms with van der Waals surface area (Å²) in [4.78, 5) is 2.44. The second-order valence-electron chi connectivity index (χ2n) is 5.87. The van der Waals surface area contributed by atoms with Crippen LogP contribution in [-0.2, 0) is 10.3 Å². The molecule has 0 saturated carbocycles. The van der Waals surface area contributed by atoms with Gasteiger partial charge in [-0.2, -0.15) is 0 Å². The van der Waals surface area contributed by atoms with E-state index in [-0.39, 0.29) is 5.54 Å². The molecule has 2 rings (SSSR count). The van der Waals surface area contributed by atoms with Crippen molar-refractivity contribution in [2.75, 3.05) is 32.0 Å². The van der Waals surface area contributed by atoms with Gasteiger partial charge in [0.05, 0.1) is 18.2 Å². The molecule has 0 bridgehead atoms. The molecule has 0 amide bonds. The molecular formula is C12H23N5OS. The van der Waals surface area contributed by atoms with Crippen LogP contribution in [0.15, 0.2) is 5.16 Å². The van der Waals surface area contributed by atoms with Crippen LogP contribution in [0.5, 0.6) is 0 Å². The number of hydrogen-bond acceptors (Lipinski definition) is 6. The molecular weight excluding hydrogens is 262 g/mol. The molecule has 0 aromatic carbocycles. The minimum Gasteiger partial charge on any atom is -0.376 e. The minimum absolute atomic E-state index is 0.0701. The van der Waals surface area contributed by atoms with E-state index < -0.39 is 0 Å². The van der Waals surface area contributed by atoms with E-state index in [9.17, 15) is 0 Å². The minimum atomic E-state index is -0.0701. The molecule has 1 aliphatic rings. The van der Waals surface area contributed by atoms with Gasteiger partial charge < -0.3 is 4.74 Å². The molecule has 1 saturated heterocycles. The molecule has 1 aromatic heterocycles. The van der Waals surface area contributed by atoms with Crippen molar-refractivity contribution in [3.63, 3.8) is 0 Å². The summed E-state index contributed by atoms with van der Waals surface area (Å²) in [7, 11) is 0. The van der Waals surface area contributed by atoms with Gasteiger partial charge in [0.25, 0.3) is 0 Å². The summed E-state index contributed by atoms with van der Waals surface area (Å²) in [5, 5.41) is 12.8. The normalized spacial score (nSPS) is 21.8. The number of hydrogen-bond donors (Lipinski definition) is 0. The van der Waals surface area contributed by atoms with Crippen molar-refractivity contribution in [3.8, 4) is 0 Å². The van der Waals surface area contributed by atoms with E-state index in [1.807, 2.05) is 4.68 Å². The lowest BCUT2D eigenvalue weighted by Crippen LogP contribution is -2.42. The molecule has 0 aliphatic carbocycles. The zero-order valence-corrected chi connectivity index (χ0v) is 13.0. The Hall–Kier alpha value is -0.660. The molecule has 1 fully saturated rings. The third kappa shape index (κ3) is 4.15. The van der Waals surface area contributed by atoms with E-state index in [1.54, 1.807) is 11.8 Å². The fourth-order valence-electron chi connectivity index (χ4n) is 2.05. The first kappa shape index (κ1) is 14.7. The zero-order valence-electron chi connectivity index (χ0n) is 12.2. The van der Waals surface area contributed by atoms with Crippen molar-refractivity contribution < 1.29 is 4.74 Å². The summed E-state index contributed by atoms with van der Waals surface area (Å²) in [6, 6.07) is 0. The highest BCUT2D eigenvalue weighted by atomic mass is 32.2. The highest BCUT2D eigenvalue weighted by Gasteiger charge is 2.21. The highest BCUT2D eigenvalue weighted by Crippen LogP contribution is 2.21. The van der Waals surface area contributed by atoms with E-state index in [2.05, 4.69) is 48.1 Å². The SMILES string of the molecule is CC1CN(CCSc2nnnn2C(C)(C)C)CCO1. The predicted octanol–water partition coefficient (Wildman–Crippen LogP) is 1.24. The van der Waals surface area contributed by atoms with Crippen LogP contribution in [0.25, 0.3) is 0 Å². The lowest BCUT2D eigenvalue weighted by atomic mass is 10.1. The Bertz CT molecular complexity index is 403. The molecule has 1 unspecified atom stereocenters. The van der Waals surface area contributed by atoms with Crippen molar-refractivity contribution >= 4 is 11.8 Å². The van der Waals surface area contributed by atoms with Crippen LogP contribution in [0.3, 0.4) is 0 Å². The number of thioether (sulfide) groups is 1. The summed E-state index contributed by atoms with van der Waals surface area (Å²) < 4.78 is 7.43. The summed E-state index contributed by atoms with van der Waals surface area (Å²) in [6.45, 7) is 12.4. The van der Waals surface area contributed by atoms with Crippen molar-refractivity contribution in [1.29, 1.82) is 0 Å². The van der Waals surface area contributed by atoms with E-state index in [4.69, 9.17) is 4.74 Å². The second kappa shape index (κ2) is 6.19. The van der Waals surface area contributed by atoms with Crippen molar-refractivity contribution in [2.45, 2.75) is 44.5 Å². The summed E-state index contributed by atoms with van der Waals surface area (Å²) in [5.74, 6) is 1.00. The van der Waals surface area contributed by atoms with E-state index in [0.717, 1.165) is 37.2 Å². The Kier molecular flexibility index (Phi) is 4.81.